The van der Waals surface area contributed by atoms with E-state index in [0.29, 0.717) is 12.1 Å². The number of piperidine rings is 2. The lowest BCUT2D eigenvalue weighted by atomic mass is 9.74. The number of para-hydroxylation sites is 2. The molecule has 0 amide bonds. The molecule has 2 bridgehead atoms. The van der Waals surface area contributed by atoms with E-state index in [9.17, 15) is 4.79 Å². The van der Waals surface area contributed by atoms with E-state index in [1.165, 1.54) is 6.42 Å². The van der Waals surface area contributed by atoms with Gasteiger partial charge in [-0.25, -0.2) is 0 Å². The third-order valence-electron chi connectivity index (χ3n) is 7.69. The van der Waals surface area contributed by atoms with Crippen molar-refractivity contribution in [3.05, 3.63) is 59.7 Å². The Bertz CT molecular complexity index is 906. The maximum atomic E-state index is 13.6. The molecule has 1 saturated carbocycles. The number of ether oxygens (including phenoxy) is 2. The first kappa shape index (κ1) is 16.6. The van der Waals surface area contributed by atoms with Crippen molar-refractivity contribution >= 4 is 5.97 Å². The lowest BCUT2D eigenvalue weighted by Gasteiger charge is -2.41. The zero-order chi connectivity index (χ0) is 19.0. The van der Waals surface area contributed by atoms with Crippen LogP contribution in [0.15, 0.2) is 48.5 Å². The van der Waals surface area contributed by atoms with E-state index in [0.717, 1.165) is 47.3 Å². The van der Waals surface area contributed by atoms with E-state index in [4.69, 9.17) is 9.47 Å². The van der Waals surface area contributed by atoms with Crippen LogP contribution in [0.2, 0.25) is 0 Å². The van der Waals surface area contributed by atoms with Gasteiger partial charge in [0.15, 0.2) is 0 Å². The molecule has 3 fully saturated rings. The van der Waals surface area contributed by atoms with Crippen molar-refractivity contribution in [2.75, 3.05) is 7.05 Å². The lowest BCUT2D eigenvalue weighted by molar-refractivity contribution is -0.158. The van der Waals surface area contributed by atoms with E-state index < -0.39 is 5.41 Å². The summed E-state index contributed by atoms with van der Waals surface area (Å²) in [4.78, 5) is 16.2. The fourth-order valence-corrected chi connectivity index (χ4v) is 6.07. The van der Waals surface area contributed by atoms with Gasteiger partial charge in [0.1, 0.15) is 23.0 Å². The highest BCUT2D eigenvalue weighted by Gasteiger charge is 2.61. The SMILES string of the molecule is CN1C2C[C@H](OC(=O)C3(C)c4ccccc4Oc4ccccc43)CC1[C@H]1CC21. The third-order valence-corrected chi connectivity index (χ3v) is 7.69. The van der Waals surface area contributed by atoms with Gasteiger partial charge in [-0.1, -0.05) is 36.4 Å². The van der Waals surface area contributed by atoms with Crippen LogP contribution in [0, 0.1) is 11.8 Å². The average molecular weight is 375 g/mol. The van der Waals surface area contributed by atoms with Crippen LogP contribution in [0.5, 0.6) is 11.5 Å². The molecule has 0 radical (unpaired) electrons. The Hall–Kier alpha value is -2.33. The third kappa shape index (κ3) is 2.12. The molecule has 2 aromatic rings. The Labute approximate surface area is 165 Å². The van der Waals surface area contributed by atoms with Gasteiger partial charge >= 0.3 is 5.97 Å². The van der Waals surface area contributed by atoms with Gasteiger partial charge in [0.05, 0.1) is 0 Å². The van der Waals surface area contributed by atoms with Gasteiger partial charge in [-0.15, -0.1) is 0 Å². The van der Waals surface area contributed by atoms with Gasteiger partial charge < -0.3 is 9.47 Å². The molecule has 28 heavy (non-hydrogen) atoms. The second-order valence-electron chi connectivity index (χ2n) is 9.08. The maximum Gasteiger partial charge on any atom is 0.321 e. The second-order valence-corrected chi connectivity index (χ2v) is 9.08. The molecule has 3 heterocycles. The number of rotatable bonds is 2. The van der Waals surface area contributed by atoms with Crippen LogP contribution in [0.25, 0.3) is 0 Å². The minimum absolute atomic E-state index is 0.0190. The van der Waals surface area contributed by atoms with Crippen molar-refractivity contribution in [3.8, 4) is 11.5 Å². The number of benzene rings is 2. The molecule has 4 nitrogen and oxygen atoms in total. The molecule has 6 rings (SSSR count). The van der Waals surface area contributed by atoms with Crippen LogP contribution < -0.4 is 4.74 Å². The van der Waals surface area contributed by atoms with Crippen LogP contribution in [-0.4, -0.2) is 36.1 Å². The van der Waals surface area contributed by atoms with E-state index in [1.807, 2.05) is 55.5 Å². The van der Waals surface area contributed by atoms with E-state index in [1.54, 1.807) is 0 Å². The fraction of sp³-hybridized carbons (Fsp3) is 0.458. The second kappa shape index (κ2) is 5.60. The molecule has 4 heteroatoms. The van der Waals surface area contributed by atoms with Gasteiger partial charge in [-0.05, 0) is 44.4 Å². The van der Waals surface area contributed by atoms with Crippen molar-refractivity contribution in [3.63, 3.8) is 0 Å². The molecule has 3 aliphatic heterocycles. The average Bonchev–Trinajstić information content (AvgIpc) is 3.46. The molecule has 3 unspecified atom stereocenters. The van der Waals surface area contributed by atoms with E-state index in [-0.39, 0.29) is 12.1 Å². The highest BCUT2D eigenvalue weighted by molar-refractivity contribution is 5.90. The predicted octanol–water partition coefficient (Wildman–Crippen LogP) is 4.12. The molecule has 0 aromatic heterocycles. The van der Waals surface area contributed by atoms with Gasteiger partial charge in [0.2, 0.25) is 0 Å². The highest BCUT2D eigenvalue weighted by Crippen LogP contribution is 2.58. The van der Waals surface area contributed by atoms with Gasteiger partial charge in [0.25, 0.3) is 0 Å². The molecular weight excluding hydrogens is 350 g/mol. The summed E-state index contributed by atoms with van der Waals surface area (Å²) in [5, 5.41) is 0. The van der Waals surface area contributed by atoms with Gasteiger partial charge in [-0.3, -0.25) is 9.69 Å². The van der Waals surface area contributed by atoms with E-state index in [2.05, 4.69) is 11.9 Å². The molecule has 0 N–H and O–H groups in total. The molecule has 2 aromatic carbocycles. The summed E-state index contributed by atoms with van der Waals surface area (Å²) in [6, 6.07) is 16.8. The molecule has 5 atom stereocenters. The van der Waals surface area contributed by atoms with Crippen LogP contribution >= 0.6 is 0 Å². The molecule has 1 aliphatic carbocycles. The summed E-state index contributed by atoms with van der Waals surface area (Å²) in [7, 11) is 2.24. The normalized spacial score (nSPS) is 33.9. The first-order valence-corrected chi connectivity index (χ1v) is 10.4. The molecular formula is C24H25NO3. The highest BCUT2D eigenvalue weighted by atomic mass is 16.5. The fourth-order valence-electron chi connectivity index (χ4n) is 6.07. The lowest BCUT2D eigenvalue weighted by Crippen LogP contribution is -2.48. The molecule has 2 saturated heterocycles. The number of hydrogen-bond donors (Lipinski definition) is 0. The van der Waals surface area contributed by atoms with Gasteiger partial charge in [0, 0.05) is 36.1 Å². The summed E-state index contributed by atoms with van der Waals surface area (Å²) >= 11 is 0. The number of esters is 1. The van der Waals surface area contributed by atoms with Crippen molar-refractivity contribution in [1.29, 1.82) is 0 Å². The smallest absolute Gasteiger partial charge is 0.321 e. The van der Waals surface area contributed by atoms with Crippen molar-refractivity contribution < 1.29 is 14.3 Å². The van der Waals surface area contributed by atoms with Crippen LogP contribution in [0.1, 0.15) is 37.3 Å². The Kier molecular flexibility index (Phi) is 3.32. The molecule has 0 spiro atoms. The van der Waals surface area contributed by atoms with Crippen LogP contribution in [0.4, 0.5) is 0 Å². The standard InChI is InChI=1S/C24H25NO3/c1-24(17-7-3-5-9-21(17)28-22-10-6-4-8-18(22)24)23(26)27-14-11-19-15-13-16(15)20(12-14)25(19)2/h3-10,14-16,19-20H,11-13H2,1-2H3/t14-,15+,16?,19?,20?/m1/s1. The monoisotopic (exact) mass is 375 g/mol. The number of nitrogens with zero attached hydrogens (tertiary/aromatic N) is 1. The largest absolute Gasteiger partial charge is 0.461 e. The topological polar surface area (TPSA) is 38.8 Å². The summed E-state index contributed by atoms with van der Waals surface area (Å²) < 4.78 is 12.3. The van der Waals surface area contributed by atoms with Crippen molar-refractivity contribution in [2.24, 2.45) is 11.8 Å². The first-order chi connectivity index (χ1) is 13.6. The summed E-state index contributed by atoms with van der Waals surface area (Å²) in [6.07, 6.45) is 3.33. The Morgan fingerprint density at radius 1 is 0.964 bits per heavy atom. The minimum atomic E-state index is -0.850. The van der Waals surface area contributed by atoms with E-state index >= 15 is 0 Å². The summed E-state index contributed by atoms with van der Waals surface area (Å²) in [5.41, 5.74) is 0.923. The summed E-state index contributed by atoms with van der Waals surface area (Å²) in [5.74, 6) is 2.99. The Balaban J connectivity index is 1.34. The minimum Gasteiger partial charge on any atom is -0.461 e. The number of carbonyl (C=O) groups is 1. The first-order valence-electron chi connectivity index (χ1n) is 10.4. The van der Waals surface area contributed by atoms with Crippen LogP contribution in [-0.2, 0) is 14.9 Å². The zero-order valence-corrected chi connectivity index (χ0v) is 16.3. The van der Waals surface area contributed by atoms with Gasteiger partial charge in [-0.2, -0.15) is 0 Å². The zero-order valence-electron chi connectivity index (χ0n) is 16.3. The Morgan fingerprint density at radius 2 is 1.50 bits per heavy atom. The molecule has 4 aliphatic rings. The number of carbonyl (C=O) groups excluding carboxylic acids is 1. The number of hydrogen-bond acceptors (Lipinski definition) is 4. The number of fused-ring (bicyclic) bond motifs is 7. The Morgan fingerprint density at radius 3 is 2.07 bits per heavy atom. The summed E-state index contributed by atoms with van der Waals surface area (Å²) in [6.45, 7) is 1.98. The van der Waals surface area contributed by atoms with Crippen LogP contribution in [0.3, 0.4) is 0 Å². The van der Waals surface area contributed by atoms with Crippen molar-refractivity contribution in [2.45, 2.75) is 49.8 Å². The molecule has 144 valence electrons. The predicted molar refractivity (Wildman–Crippen MR) is 105 cm³/mol. The maximum absolute atomic E-state index is 13.6. The quantitative estimate of drug-likeness (QED) is 0.740. The van der Waals surface area contributed by atoms with Crippen molar-refractivity contribution in [1.82, 2.24) is 4.90 Å².